The molecule has 0 saturated carbocycles. The molecule has 1 N–H and O–H groups in total. The summed E-state index contributed by atoms with van der Waals surface area (Å²) in [5, 5.41) is 4.39. The van der Waals surface area contributed by atoms with Gasteiger partial charge in [0.15, 0.2) is 0 Å². The summed E-state index contributed by atoms with van der Waals surface area (Å²) < 4.78 is 50.6. The molecule has 0 unspecified atom stereocenters. The Balaban J connectivity index is 1.57. The lowest BCUT2D eigenvalue weighted by Crippen LogP contribution is -2.13. The number of nitrogens with one attached hydrogen (secondary N) is 1. The molecule has 0 bridgehead atoms. The second-order valence-corrected chi connectivity index (χ2v) is 8.24. The molecule has 138 valence electrons. The number of hydrogen-bond donors (Lipinski definition) is 1. The summed E-state index contributed by atoms with van der Waals surface area (Å²) >= 11 is 6.96. The normalized spacial score (nSPS) is 11.8. The van der Waals surface area contributed by atoms with Crippen LogP contribution in [0.5, 0.6) is 0 Å². The van der Waals surface area contributed by atoms with Crippen molar-refractivity contribution in [1.29, 1.82) is 0 Å². The van der Waals surface area contributed by atoms with Gasteiger partial charge in [-0.1, -0.05) is 23.7 Å². The van der Waals surface area contributed by atoms with E-state index in [2.05, 4.69) is 18.6 Å². The molecule has 4 rings (SSSR count). The van der Waals surface area contributed by atoms with E-state index in [0.29, 0.717) is 16.6 Å². The van der Waals surface area contributed by atoms with Gasteiger partial charge in [0.05, 0.1) is 30.2 Å². The molecule has 2 aromatic heterocycles. The SMILES string of the molecule is O=S(=O)(Nc1cnn(Cc2ccc(F)cc2Cl)c1)c1cccc2nsnc12. The minimum absolute atomic E-state index is 0.0445. The molecule has 0 amide bonds. The van der Waals surface area contributed by atoms with E-state index in [4.69, 9.17) is 11.6 Å². The number of hydrogen-bond acceptors (Lipinski definition) is 6. The van der Waals surface area contributed by atoms with Crippen molar-refractivity contribution in [3.63, 3.8) is 0 Å². The first-order valence-corrected chi connectivity index (χ1v) is 10.2. The lowest BCUT2D eigenvalue weighted by atomic mass is 10.2. The van der Waals surface area contributed by atoms with Gasteiger partial charge in [-0.15, -0.1) is 0 Å². The van der Waals surface area contributed by atoms with Gasteiger partial charge in [-0.25, -0.2) is 12.8 Å². The van der Waals surface area contributed by atoms with E-state index in [-0.39, 0.29) is 22.2 Å². The fourth-order valence-electron chi connectivity index (χ4n) is 2.54. The van der Waals surface area contributed by atoms with Crippen LogP contribution in [0.4, 0.5) is 10.1 Å². The maximum absolute atomic E-state index is 13.1. The van der Waals surface area contributed by atoms with Gasteiger partial charge in [0.1, 0.15) is 21.7 Å². The Bertz CT molecular complexity index is 1240. The quantitative estimate of drug-likeness (QED) is 0.530. The molecule has 7 nitrogen and oxygen atoms in total. The highest BCUT2D eigenvalue weighted by Crippen LogP contribution is 2.24. The van der Waals surface area contributed by atoms with Crippen LogP contribution in [0.25, 0.3) is 11.0 Å². The lowest BCUT2D eigenvalue weighted by molar-refractivity contribution is 0.602. The van der Waals surface area contributed by atoms with Crippen LogP contribution in [-0.4, -0.2) is 26.9 Å². The first kappa shape index (κ1) is 17.8. The van der Waals surface area contributed by atoms with E-state index in [0.717, 1.165) is 11.7 Å². The molecular formula is C16H11ClFN5O2S2. The molecule has 0 radical (unpaired) electrons. The Morgan fingerprint density at radius 1 is 1.22 bits per heavy atom. The van der Waals surface area contributed by atoms with E-state index in [1.165, 1.54) is 35.3 Å². The summed E-state index contributed by atoms with van der Waals surface area (Å²) in [4.78, 5) is 0.0445. The highest BCUT2D eigenvalue weighted by Gasteiger charge is 2.20. The van der Waals surface area contributed by atoms with Crippen LogP contribution in [0.3, 0.4) is 0 Å². The van der Waals surface area contributed by atoms with Crippen molar-refractivity contribution in [2.24, 2.45) is 0 Å². The third-order valence-electron chi connectivity index (χ3n) is 3.77. The molecule has 0 aliphatic heterocycles. The maximum Gasteiger partial charge on any atom is 0.264 e. The Labute approximate surface area is 162 Å². The summed E-state index contributed by atoms with van der Waals surface area (Å²) in [6.07, 6.45) is 2.91. The van der Waals surface area contributed by atoms with Gasteiger partial charge in [0.25, 0.3) is 10.0 Å². The fraction of sp³-hybridized carbons (Fsp3) is 0.0625. The lowest BCUT2D eigenvalue weighted by Gasteiger charge is -2.06. The van der Waals surface area contributed by atoms with Crippen LogP contribution in [0.1, 0.15) is 5.56 Å². The van der Waals surface area contributed by atoms with Crippen LogP contribution in [0.15, 0.2) is 53.7 Å². The topological polar surface area (TPSA) is 89.8 Å². The van der Waals surface area contributed by atoms with Crippen LogP contribution >= 0.6 is 23.3 Å². The summed E-state index contributed by atoms with van der Waals surface area (Å²) in [5.74, 6) is -0.427. The second-order valence-electron chi connectivity index (χ2n) is 5.66. The molecule has 0 fully saturated rings. The van der Waals surface area contributed by atoms with Crippen molar-refractivity contribution in [2.75, 3.05) is 4.72 Å². The molecular weight excluding hydrogens is 413 g/mol. The molecule has 0 spiro atoms. The minimum Gasteiger partial charge on any atom is -0.276 e. The Morgan fingerprint density at radius 2 is 2.07 bits per heavy atom. The Hall–Kier alpha value is -2.56. The predicted octanol–water partition coefficient (Wildman–Crippen LogP) is 3.53. The van der Waals surface area contributed by atoms with Crippen LogP contribution < -0.4 is 4.72 Å². The first-order chi connectivity index (χ1) is 12.9. The van der Waals surface area contributed by atoms with Gasteiger partial charge >= 0.3 is 0 Å². The van der Waals surface area contributed by atoms with Crippen molar-refractivity contribution in [3.05, 3.63) is 65.2 Å². The molecule has 27 heavy (non-hydrogen) atoms. The molecule has 4 aromatic rings. The third-order valence-corrected chi connectivity index (χ3v) is 6.08. The average molecular weight is 424 g/mol. The van der Waals surface area contributed by atoms with E-state index < -0.39 is 15.8 Å². The van der Waals surface area contributed by atoms with Gasteiger partial charge in [0, 0.05) is 11.2 Å². The van der Waals surface area contributed by atoms with Gasteiger partial charge in [-0.2, -0.15) is 13.8 Å². The number of anilines is 1. The number of rotatable bonds is 5. The fourth-order valence-corrected chi connectivity index (χ4v) is 4.56. The molecule has 0 aliphatic rings. The minimum atomic E-state index is -3.86. The van der Waals surface area contributed by atoms with E-state index in [9.17, 15) is 12.8 Å². The summed E-state index contributed by atoms with van der Waals surface area (Å²) in [6, 6.07) is 8.85. The predicted molar refractivity (Wildman–Crippen MR) is 101 cm³/mol. The van der Waals surface area contributed by atoms with Gasteiger partial charge in [0.2, 0.25) is 0 Å². The summed E-state index contributed by atoms with van der Waals surface area (Å²) in [5.41, 5.74) is 1.78. The van der Waals surface area contributed by atoms with E-state index >= 15 is 0 Å². The number of benzene rings is 2. The molecule has 11 heteroatoms. The monoisotopic (exact) mass is 423 g/mol. The molecule has 0 aliphatic carbocycles. The van der Waals surface area contributed by atoms with Crippen LogP contribution in [0, 0.1) is 5.82 Å². The van der Waals surface area contributed by atoms with Crippen molar-refractivity contribution in [3.8, 4) is 0 Å². The Morgan fingerprint density at radius 3 is 2.89 bits per heavy atom. The zero-order valence-corrected chi connectivity index (χ0v) is 15.9. The van der Waals surface area contributed by atoms with E-state index in [1.54, 1.807) is 18.2 Å². The van der Waals surface area contributed by atoms with Crippen LogP contribution in [-0.2, 0) is 16.6 Å². The number of aromatic nitrogens is 4. The molecule has 0 saturated heterocycles. The number of halogens is 2. The zero-order valence-electron chi connectivity index (χ0n) is 13.5. The molecule has 0 atom stereocenters. The van der Waals surface area contributed by atoms with Crippen molar-refractivity contribution >= 4 is 50.1 Å². The highest BCUT2D eigenvalue weighted by molar-refractivity contribution is 7.93. The Kier molecular flexibility index (Phi) is 4.54. The van der Waals surface area contributed by atoms with E-state index in [1.807, 2.05) is 0 Å². The maximum atomic E-state index is 13.1. The van der Waals surface area contributed by atoms with Crippen molar-refractivity contribution in [1.82, 2.24) is 18.5 Å². The number of sulfonamides is 1. The van der Waals surface area contributed by atoms with Crippen molar-refractivity contribution < 1.29 is 12.8 Å². The van der Waals surface area contributed by atoms with Gasteiger partial charge in [-0.3, -0.25) is 9.40 Å². The molecule has 2 aromatic carbocycles. The summed E-state index contributed by atoms with van der Waals surface area (Å²) in [6.45, 7) is 0.270. The average Bonchev–Trinajstić information content (AvgIpc) is 3.25. The zero-order chi connectivity index (χ0) is 19.0. The van der Waals surface area contributed by atoms with Gasteiger partial charge < -0.3 is 0 Å². The standard InChI is InChI=1S/C16H11ClFN5O2S2/c17-13-6-11(18)5-4-10(13)8-23-9-12(7-19-23)22-27(24,25)15-3-1-2-14-16(15)21-26-20-14/h1-7,9,22H,8H2. The smallest absolute Gasteiger partial charge is 0.264 e. The number of nitrogens with zero attached hydrogens (tertiary/aromatic N) is 4. The summed E-state index contributed by atoms with van der Waals surface area (Å²) in [7, 11) is -3.86. The molecule has 2 heterocycles. The van der Waals surface area contributed by atoms with Gasteiger partial charge in [-0.05, 0) is 29.8 Å². The van der Waals surface area contributed by atoms with Crippen molar-refractivity contribution in [2.45, 2.75) is 11.4 Å². The first-order valence-electron chi connectivity index (χ1n) is 7.63. The largest absolute Gasteiger partial charge is 0.276 e. The third kappa shape index (κ3) is 3.64. The number of fused-ring (bicyclic) bond motifs is 1. The highest BCUT2D eigenvalue weighted by atomic mass is 35.5. The van der Waals surface area contributed by atoms with Crippen LogP contribution in [0.2, 0.25) is 5.02 Å². The second kappa shape index (κ2) is 6.87.